The van der Waals surface area contributed by atoms with Crippen molar-refractivity contribution < 1.29 is 43.2 Å². The first-order valence-corrected chi connectivity index (χ1v) is 45.5. The number of carbonyl (C=O) groups is 9. The molecule has 42 nitrogen and oxygen atoms in total. The quantitative estimate of drug-likeness (QED) is 0.0252. The summed E-state index contributed by atoms with van der Waals surface area (Å²) in [4.78, 5) is 94.2. The smallest absolute Gasteiger partial charge is 0.216 e. The highest BCUT2D eigenvalue weighted by atomic mass is 16.2. The molecule has 0 aliphatic carbocycles. The number of carbonyl (C=O) groups excluding carboxylic acids is 9. The van der Waals surface area contributed by atoms with Crippen LogP contribution in [0.15, 0.2) is 0 Å². The normalized spacial score (nSPS) is 10.1. The van der Waals surface area contributed by atoms with E-state index in [0.29, 0.717) is 78.5 Å². The zero-order chi connectivity index (χ0) is 93.7. The minimum absolute atomic E-state index is 0.00884. The average molecular weight is 1780 g/mol. The van der Waals surface area contributed by atoms with Crippen LogP contribution in [-0.4, -0.2) is 367 Å². The molecule has 0 aromatic heterocycles. The van der Waals surface area contributed by atoms with Gasteiger partial charge in [-0.1, -0.05) is 0 Å². The predicted molar refractivity (Wildman–Crippen MR) is 512 cm³/mol. The van der Waals surface area contributed by atoms with E-state index < -0.39 is 0 Å². The molecule has 738 valence electrons. The van der Waals surface area contributed by atoms with Gasteiger partial charge in [-0.05, 0) is 227 Å². The van der Waals surface area contributed by atoms with Crippen molar-refractivity contribution in [2.24, 2.45) is 51.6 Å². The number of rotatable bonds is 78. The summed E-state index contributed by atoms with van der Waals surface area (Å²) < 4.78 is 0. The van der Waals surface area contributed by atoms with Crippen LogP contribution in [0.5, 0.6) is 0 Å². The third kappa shape index (κ3) is 186. The van der Waals surface area contributed by atoms with Crippen LogP contribution in [-0.2, 0) is 43.2 Å². The second-order valence-corrected chi connectivity index (χ2v) is 28.0. The molecule has 0 radical (unpaired) electrons. The zero-order valence-electron chi connectivity index (χ0n) is 78.9. The minimum Gasteiger partial charge on any atom is -0.356 e. The maximum Gasteiger partial charge on any atom is 0.216 e. The highest BCUT2D eigenvalue weighted by molar-refractivity contribution is 5.75. The number of nitrogens with two attached hydrogens (primary N) is 9. The Morgan fingerprint density at radius 1 is 0.122 bits per heavy atom. The molecule has 0 aromatic rings. The van der Waals surface area contributed by atoms with Gasteiger partial charge in [0.1, 0.15) is 0 Å². The van der Waals surface area contributed by atoms with Crippen LogP contribution in [0.1, 0.15) is 159 Å². The molecule has 0 aromatic carbocycles. The van der Waals surface area contributed by atoms with Gasteiger partial charge in [-0.3, -0.25) is 43.2 Å². The van der Waals surface area contributed by atoms with E-state index in [9.17, 15) is 43.2 Å². The Morgan fingerprint density at radius 2 is 0.236 bits per heavy atom. The van der Waals surface area contributed by atoms with Gasteiger partial charge >= 0.3 is 0 Å². The summed E-state index contributed by atoms with van der Waals surface area (Å²) in [6.45, 7) is 54.8. The summed E-state index contributed by atoms with van der Waals surface area (Å²) in [5.41, 5.74) is 47.8. The number of hydrogen-bond donors (Lipinski definition) is 33. The van der Waals surface area contributed by atoms with E-state index in [-0.39, 0.29) is 53.2 Å². The monoisotopic (exact) mass is 1770 g/mol. The first kappa shape index (κ1) is 135. The van der Waals surface area contributed by atoms with Gasteiger partial charge in [0.25, 0.3) is 0 Å². The first-order chi connectivity index (χ1) is 59.4. The SMILES string of the molecule is CC(=O)NCCCNCCCCNCCCNCCN.CC(=O)NCCCNCCCCNCCN.CC(=O)NCCCNCCCNCCN.CC(=O)NCCCNCCN.CC(=O)NCCNCCCCN.CC(=O)NCCNCCCN.CC(=O)NCCNCCCNCCN.CC(=O)NCCNCCN.CC(=O)NCCNCCNCCCN. The molecule has 0 aliphatic heterocycles. The Bertz CT molecular complexity index is 2060. The minimum atomic E-state index is 0.00884. The molecular weight excluding hydrogens is 1580 g/mol. The molecule has 0 atom stereocenters. The molecule has 0 fully saturated rings. The van der Waals surface area contributed by atoms with Crippen LogP contribution in [0, 0.1) is 0 Å². The number of hydrogen-bond acceptors (Lipinski definition) is 33. The summed E-state index contributed by atoms with van der Waals surface area (Å²) in [5.74, 6) is 0.272. The van der Waals surface area contributed by atoms with Gasteiger partial charge in [0.05, 0.1) is 0 Å². The van der Waals surface area contributed by atoms with Crippen LogP contribution >= 0.6 is 0 Å². The molecule has 0 saturated carbocycles. The van der Waals surface area contributed by atoms with Crippen molar-refractivity contribution in [2.75, 3.05) is 314 Å². The molecule has 0 spiro atoms. The lowest BCUT2D eigenvalue weighted by atomic mass is 10.3. The predicted octanol–water partition coefficient (Wildman–Crippen LogP) is -8.57. The van der Waals surface area contributed by atoms with Gasteiger partial charge in [-0.15, -0.1) is 0 Å². The van der Waals surface area contributed by atoms with Crippen molar-refractivity contribution in [1.29, 1.82) is 0 Å². The van der Waals surface area contributed by atoms with Gasteiger partial charge in [0.15, 0.2) is 0 Å². The maximum atomic E-state index is 10.6. The third-order valence-corrected chi connectivity index (χ3v) is 15.4. The van der Waals surface area contributed by atoms with Crippen molar-refractivity contribution in [3.05, 3.63) is 0 Å². The molecule has 9 amide bonds. The summed E-state index contributed by atoms with van der Waals surface area (Å²) in [6, 6.07) is 0. The summed E-state index contributed by atoms with van der Waals surface area (Å²) in [5, 5.41) is 73.2. The fourth-order valence-corrected chi connectivity index (χ4v) is 9.07. The standard InChI is InChI=1S/C14H33N5O.C11H26N4O.C10H24N4O.2C9H22N4O.C8H19N3O.2C7H17N3O.C6H15N3O/c1-14(20)19-12-5-11-17-8-3-2-7-16-9-4-10-18-13-6-15;1-11(16)15-9-4-8-13-6-2-3-7-14-10-5-12;1-10(15)14-8-3-7-12-5-2-6-13-9-4-11;1-9(14)13-8-7-12-5-2-4-11-6-3-10;1-9(14)13-8-7-12-6-5-11-4-2-3-10;1-8(12)11-7-6-10-5-3-2-4-9;1-7(11)10-5-2-4-9-6-3-8;1-7(11)10-6-5-9-4-2-3-8;1-6(10)9-5-4-8-3-2-7/h16-18H,2-13,15H2,1H3,(H,19,20);13-14H,2-10,12H2,1H3,(H,15,16);12-13H,2-9,11H2,1H3,(H,14,15);2*11-12H,2-8,10H2,1H3,(H,13,14);10H,2-7,9H2,1H3,(H,11,12);2*9H,2-6,8H2,1H3,(H,10,11);8H,2-5,7H2,1H3,(H,9,10). The van der Waals surface area contributed by atoms with Crippen molar-refractivity contribution in [3.63, 3.8) is 0 Å². The topological polar surface area (TPSA) is 677 Å². The number of nitrogens with one attached hydrogen (secondary N) is 24. The van der Waals surface area contributed by atoms with E-state index in [0.717, 1.165) is 306 Å². The fraction of sp³-hybridized carbons (Fsp3) is 0.889. The van der Waals surface area contributed by atoms with E-state index in [1.807, 2.05) is 0 Å². The van der Waals surface area contributed by atoms with Crippen LogP contribution in [0.2, 0.25) is 0 Å². The second-order valence-electron chi connectivity index (χ2n) is 28.0. The fourth-order valence-electron chi connectivity index (χ4n) is 9.07. The molecule has 0 saturated heterocycles. The molecule has 0 heterocycles. The van der Waals surface area contributed by atoms with Crippen molar-refractivity contribution in [2.45, 2.75) is 159 Å². The van der Waals surface area contributed by atoms with Gasteiger partial charge in [-0.2, -0.15) is 0 Å². The van der Waals surface area contributed by atoms with Crippen molar-refractivity contribution in [3.8, 4) is 0 Å². The highest BCUT2D eigenvalue weighted by Crippen LogP contribution is 1.88. The van der Waals surface area contributed by atoms with Crippen molar-refractivity contribution >= 4 is 53.2 Å². The third-order valence-electron chi connectivity index (χ3n) is 15.4. The van der Waals surface area contributed by atoms with E-state index in [4.69, 9.17) is 51.6 Å². The number of unbranched alkanes of at least 4 members (excludes halogenated alkanes) is 3. The molecule has 123 heavy (non-hydrogen) atoms. The van der Waals surface area contributed by atoms with E-state index in [2.05, 4.69) is 128 Å². The van der Waals surface area contributed by atoms with Crippen LogP contribution < -0.4 is 179 Å². The van der Waals surface area contributed by atoms with Crippen LogP contribution in [0.4, 0.5) is 0 Å². The molecule has 0 rings (SSSR count). The summed E-state index contributed by atoms with van der Waals surface area (Å²) in [6.07, 6.45) is 16.2. The lowest BCUT2D eigenvalue weighted by Gasteiger charge is -2.07. The average Bonchev–Trinajstić information content (AvgIpc) is 1.19. The molecule has 0 bridgehead atoms. The summed E-state index contributed by atoms with van der Waals surface area (Å²) >= 11 is 0. The molecule has 42 N–H and O–H groups in total. The lowest BCUT2D eigenvalue weighted by molar-refractivity contribution is -0.119. The largest absolute Gasteiger partial charge is 0.356 e. The molecule has 42 heteroatoms. The van der Waals surface area contributed by atoms with Crippen molar-refractivity contribution in [1.82, 2.24) is 128 Å². The maximum absolute atomic E-state index is 10.6. The van der Waals surface area contributed by atoms with Gasteiger partial charge in [0.2, 0.25) is 53.2 Å². The Balaban J connectivity index is -0.000000171. The molecule has 0 unspecified atom stereocenters. The van der Waals surface area contributed by atoms with E-state index >= 15 is 0 Å². The van der Waals surface area contributed by atoms with Crippen LogP contribution in [0.25, 0.3) is 0 Å². The van der Waals surface area contributed by atoms with E-state index in [1.165, 1.54) is 74.1 Å². The van der Waals surface area contributed by atoms with Crippen LogP contribution in [0.3, 0.4) is 0 Å². The first-order valence-electron chi connectivity index (χ1n) is 45.5. The summed E-state index contributed by atoms with van der Waals surface area (Å²) in [7, 11) is 0. The Kier molecular flexibility index (Phi) is 145. The number of amides is 9. The Morgan fingerprint density at radius 3 is 0.407 bits per heavy atom. The van der Waals surface area contributed by atoms with Gasteiger partial charge < -0.3 is 179 Å². The van der Waals surface area contributed by atoms with Gasteiger partial charge in [-0.25, -0.2) is 0 Å². The van der Waals surface area contributed by atoms with Gasteiger partial charge in [0, 0.05) is 246 Å². The molecule has 0 aliphatic rings. The molecular formula is C81H195N33O9. The van der Waals surface area contributed by atoms with E-state index in [1.54, 1.807) is 13.8 Å². The lowest BCUT2D eigenvalue weighted by Crippen LogP contribution is -2.34. The Hall–Kier alpha value is -5.73. The Labute approximate surface area is 745 Å². The highest BCUT2D eigenvalue weighted by Gasteiger charge is 2.00. The second kappa shape index (κ2) is 132. The zero-order valence-corrected chi connectivity index (χ0v) is 78.9.